The Bertz CT molecular complexity index is 267. The van der Waals surface area contributed by atoms with Crippen LogP contribution in [-0.2, 0) is 0 Å². The lowest BCUT2D eigenvalue weighted by Crippen LogP contribution is -2.29. The van der Waals surface area contributed by atoms with Crippen molar-refractivity contribution in [3.8, 4) is 5.75 Å². The zero-order valence-corrected chi connectivity index (χ0v) is 9.79. The van der Waals surface area contributed by atoms with E-state index >= 15 is 0 Å². The van der Waals surface area contributed by atoms with Crippen molar-refractivity contribution in [2.75, 3.05) is 25.1 Å². The van der Waals surface area contributed by atoms with Crippen LogP contribution >= 0.6 is 0 Å². The molecule has 3 heteroatoms. The van der Waals surface area contributed by atoms with Gasteiger partial charge in [-0.15, -0.1) is 0 Å². The molecule has 0 saturated heterocycles. The van der Waals surface area contributed by atoms with Crippen LogP contribution in [0.4, 0.5) is 5.69 Å². The van der Waals surface area contributed by atoms with Gasteiger partial charge < -0.3 is 10.2 Å². The fourth-order valence-electron chi connectivity index (χ4n) is 1.36. The van der Waals surface area contributed by atoms with E-state index in [1.165, 1.54) is 0 Å². The average molecular weight is 208 g/mol. The van der Waals surface area contributed by atoms with E-state index in [-0.39, 0.29) is 0 Å². The highest BCUT2D eigenvalue weighted by Crippen LogP contribution is 2.15. The van der Waals surface area contributed by atoms with Crippen molar-refractivity contribution in [3.63, 3.8) is 0 Å². The molecule has 0 fully saturated rings. The van der Waals surface area contributed by atoms with Crippen molar-refractivity contribution >= 4 is 5.69 Å². The Hall–Kier alpha value is -1.22. The third-order valence-electron chi connectivity index (χ3n) is 2.22. The molecule has 1 rings (SSSR count). The number of hydrogen-bond donors (Lipinski definition) is 1. The molecule has 0 unspecified atom stereocenters. The standard InChI is InChI=1S/C12H20N2O/c1-4-14(5-2)13-11-7-9-12(10-8-11)15-6-3/h7-10,13H,4-6H2,1-3H3. The fraction of sp³-hybridized carbons (Fsp3) is 0.500. The first-order valence-corrected chi connectivity index (χ1v) is 5.54. The van der Waals surface area contributed by atoms with Crippen LogP contribution in [0.25, 0.3) is 0 Å². The Morgan fingerprint density at radius 1 is 1.07 bits per heavy atom. The third kappa shape index (κ3) is 3.80. The first kappa shape index (κ1) is 11.9. The summed E-state index contributed by atoms with van der Waals surface area (Å²) in [6, 6.07) is 8.03. The highest BCUT2D eigenvalue weighted by molar-refractivity contribution is 5.45. The van der Waals surface area contributed by atoms with Crippen LogP contribution in [0.3, 0.4) is 0 Å². The molecule has 0 aliphatic rings. The summed E-state index contributed by atoms with van der Waals surface area (Å²) in [5.41, 5.74) is 4.42. The maximum absolute atomic E-state index is 5.38. The van der Waals surface area contributed by atoms with E-state index in [9.17, 15) is 0 Å². The van der Waals surface area contributed by atoms with Crippen molar-refractivity contribution in [3.05, 3.63) is 24.3 Å². The molecule has 0 aliphatic heterocycles. The molecule has 0 aliphatic carbocycles. The van der Waals surface area contributed by atoms with Crippen molar-refractivity contribution in [1.29, 1.82) is 0 Å². The van der Waals surface area contributed by atoms with E-state index in [0.717, 1.165) is 24.5 Å². The zero-order chi connectivity index (χ0) is 11.1. The monoisotopic (exact) mass is 208 g/mol. The van der Waals surface area contributed by atoms with Crippen molar-refractivity contribution in [2.45, 2.75) is 20.8 Å². The molecule has 15 heavy (non-hydrogen) atoms. The van der Waals surface area contributed by atoms with E-state index in [2.05, 4.69) is 24.3 Å². The van der Waals surface area contributed by atoms with Gasteiger partial charge in [0.05, 0.1) is 6.61 Å². The number of rotatable bonds is 6. The van der Waals surface area contributed by atoms with Gasteiger partial charge in [0, 0.05) is 18.8 Å². The van der Waals surface area contributed by atoms with Gasteiger partial charge in [0.25, 0.3) is 0 Å². The molecule has 3 nitrogen and oxygen atoms in total. The Balaban J connectivity index is 2.55. The predicted molar refractivity (Wildman–Crippen MR) is 64.2 cm³/mol. The van der Waals surface area contributed by atoms with Gasteiger partial charge in [0.15, 0.2) is 0 Å². The van der Waals surface area contributed by atoms with Crippen LogP contribution < -0.4 is 10.2 Å². The second-order valence-electron chi connectivity index (χ2n) is 3.24. The van der Waals surface area contributed by atoms with Gasteiger partial charge in [-0.25, -0.2) is 5.01 Å². The Morgan fingerprint density at radius 3 is 2.13 bits per heavy atom. The number of anilines is 1. The van der Waals surface area contributed by atoms with E-state index in [0.29, 0.717) is 6.61 Å². The van der Waals surface area contributed by atoms with E-state index in [1.807, 2.05) is 31.2 Å². The van der Waals surface area contributed by atoms with E-state index in [1.54, 1.807) is 0 Å². The summed E-state index contributed by atoms with van der Waals surface area (Å²) in [6.07, 6.45) is 0. The lowest BCUT2D eigenvalue weighted by atomic mass is 10.3. The van der Waals surface area contributed by atoms with E-state index in [4.69, 9.17) is 4.74 Å². The Morgan fingerprint density at radius 2 is 1.67 bits per heavy atom. The lowest BCUT2D eigenvalue weighted by Gasteiger charge is -2.20. The summed E-state index contributed by atoms with van der Waals surface area (Å²) in [7, 11) is 0. The summed E-state index contributed by atoms with van der Waals surface area (Å²) in [5.74, 6) is 0.919. The SMILES string of the molecule is CCOc1ccc(NN(CC)CC)cc1. The number of nitrogens with one attached hydrogen (secondary N) is 1. The van der Waals surface area contributed by atoms with Gasteiger partial charge in [0.2, 0.25) is 0 Å². The highest BCUT2D eigenvalue weighted by atomic mass is 16.5. The Kier molecular flexibility index (Phi) is 4.98. The summed E-state index contributed by atoms with van der Waals surface area (Å²) in [4.78, 5) is 0. The van der Waals surface area contributed by atoms with Gasteiger partial charge in [-0.1, -0.05) is 13.8 Å². The quantitative estimate of drug-likeness (QED) is 0.727. The normalized spacial score (nSPS) is 10.4. The van der Waals surface area contributed by atoms with Crippen LogP contribution in [-0.4, -0.2) is 24.7 Å². The van der Waals surface area contributed by atoms with Gasteiger partial charge in [0.1, 0.15) is 5.75 Å². The first-order valence-electron chi connectivity index (χ1n) is 5.54. The van der Waals surface area contributed by atoms with Crippen LogP contribution in [0.1, 0.15) is 20.8 Å². The largest absolute Gasteiger partial charge is 0.494 e. The van der Waals surface area contributed by atoms with Crippen LogP contribution in [0.15, 0.2) is 24.3 Å². The van der Waals surface area contributed by atoms with Gasteiger partial charge in [-0.3, -0.25) is 0 Å². The summed E-state index contributed by atoms with van der Waals surface area (Å²) in [5, 5.41) is 2.15. The van der Waals surface area contributed by atoms with Crippen LogP contribution in [0.5, 0.6) is 5.75 Å². The summed E-state index contributed by atoms with van der Waals surface area (Å²) >= 11 is 0. The molecule has 1 aromatic carbocycles. The summed E-state index contributed by atoms with van der Waals surface area (Å²) in [6.45, 7) is 8.94. The minimum atomic E-state index is 0.711. The predicted octanol–water partition coefficient (Wildman–Crippen LogP) is 2.75. The average Bonchev–Trinajstić information content (AvgIpc) is 2.28. The van der Waals surface area contributed by atoms with Crippen LogP contribution in [0, 0.1) is 0 Å². The molecular weight excluding hydrogens is 188 g/mol. The molecule has 0 amide bonds. The van der Waals surface area contributed by atoms with Gasteiger partial charge in [-0.2, -0.15) is 0 Å². The highest BCUT2D eigenvalue weighted by Gasteiger charge is 1.98. The molecule has 0 atom stereocenters. The molecule has 0 heterocycles. The molecule has 0 bridgehead atoms. The van der Waals surface area contributed by atoms with Crippen molar-refractivity contribution < 1.29 is 4.74 Å². The second kappa shape index (κ2) is 6.30. The maximum atomic E-state index is 5.38. The number of hydrogen-bond acceptors (Lipinski definition) is 3. The molecule has 0 radical (unpaired) electrons. The molecular formula is C12H20N2O. The number of hydrazine groups is 1. The van der Waals surface area contributed by atoms with Gasteiger partial charge >= 0.3 is 0 Å². The maximum Gasteiger partial charge on any atom is 0.119 e. The molecule has 0 aromatic heterocycles. The smallest absolute Gasteiger partial charge is 0.119 e. The Labute approximate surface area is 92.0 Å². The van der Waals surface area contributed by atoms with Crippen molar-refractivity contribution in [1.82, 2.24) is 5.01 Å². The van der Waals surface area contributed by atoms with Crippen molar-refractivity contribution in [2.24, 2.45) is 0 Å². The fourth-order valence-corrected chi connectivity index (χ4v) is 1.36. The second-order valence-corrected chi connectivity index (χ2v) is 3.24. The first-order chi connectivity index (χ1) is 7.30. The molecule has 0 spiro atoms. The van der Waals surface area contributed by atoms with Crippen LogP contribution in [0.2, 0.25) is 0 Å². The summed E-state index contributed by atoms with van der Waals surface area (Å²) < 4.78 is 5.38. The van der Waals surface area contributed by atoms with Gasteiger partial charge in [-0.05, 0) is 31.2 Å². The molecule has 1 aromatic rings. The minimum Gasteiger partial charge on any atom is -0.494 e. The zero-order valence-electron chi connectivity index (χ0n) is 9.79. The number of ether oxygens (including phenoxy) is 1. The van der Waals surface area contributed by atoms with E-state index < -0.39 is 0 Å². The lowest BCUT2D eigenvalue weighted by molar-refractivity contribution is 0.340. The molecule has 1 N–H and O–H groups in total. The number of nitrogens with zero attached hydrogens (tertiary/aromatic N) is 1. The molecule has 0 saturated carbocycles. The number of benzene rings is 1. The third-order valence-corrected chi connectivity index (χ3v) is 2.22. The topological polar surface area (TPSA) is 24.5 Å². The molecule has 84 valence electrons. The minimum absolute atomic E-state index is 0.711.